The van der Waals surface area contributed by atoms with Gasteiger partial charge in [-0.3, -0.25) is 4.79 Å². The normalized spacial score (nSPS) is 10.7. The highest BCUT2D eigenvalue weighted by Gasteiger charge is 2.08. The van der Waals surface area contributed by atoms with Gasteiger partial charge in [-0.05, 0) is 38.1 Å². The van der Waals surface area contributed by atoms with E-state index in [1.807, 2.05) is 38.1 Å². The van der Waals surface area contributed by atoms with E-state index in [0.717, 1.165) is 16.3 Å². The Hall–Kier alpha value is -1.68. The van der Waals surface area contributed by atoms with Gasteiger partial charge in [-0.15, -0.1) is 11.3 Å². The number of carbonyl (C=O) groups is 1. The molecule has 0 fully saturated rings. The highest BCUT2D eigenvalue weighted by Crippen LogP contribution is 2.27. The molecule has 0 saturated heterocycles. The maximum Gasteiger partial charge on any atom is 0.171 e. The first-order valence-electron chi connectivity index (χ1n) is 5.80. The van der Waals surface area contributed by atoms with Crippen LogP contribution in [0.3, 0.4) is 0 Å². The van der Waals surface area contributed by atoms with Crippen LogP contribution in [0, 0.1) is 0 Å². The highest BCUT2D eigenvalue weighted by atomic mass is 32.1. The van der Waals surface area contributed by atoms with Crippen LogP contribution in [0.4, 0.5) is 0 Å². The summed E-state index contributed by atoms with van der Waals surface area (Å²) in [6.07, 6.45) is 1.79. The van der Waals surface area contributed by atoms with Crippen molar-refractivity contribution in [2.45, 2.75) is 26.9 Å². The lowest BCUT2D eigenvalue weighted by atomic mass is 10.2. The van der Waals surface area contributed by atoms with Gasteiger partial charge in [-0.1, -0.05) is 0 Å². The quantitative estimate of drug-likeness (QED) is 0.786. The molecule has 0 unspecified atom stereocenters. The van der Waals surface area contributed by atoms with Gasteiger partial charge in [0.05, 0.1) is 11.0 Å². The molecule has 2 rings (SSSR count). The van der Waals surface area contributed by atoms with Crippen LogP contribution < -0.4 is 4.74 Å². The lowest BCUT2D eigenvalue weighted by Gasteiger charge is -2.09. The first-order valence-corrected chi connectivity index (χ1v) is 6.62. The first-order chi connectivity index (χ1) is 8.56. The minimum absolute atomic E-state index is 0.0542. The zero-order valence-electron chi connectivity index (χ0n) is 10.6. The van der Waals surface area contributed by atoms with Crippen LogP contribution in [0.1, 0.15) is 30.4 Å². The molecule has 4 heteroatoms. The van der Waals surface area contributed by atoms with Gasteiger partial charge in [0.2, 0.25) is 0 Å². The molecule has 1 aromatic carbocycles. The predicted octanol–water partition coefficient (Wildman–Crippen LogP) is 3.80. The van der Waals surface area contributed by atoms with Crippen LogP contribution in [-0.4, -0.2) is 16.9 Å². The molecule has 0 radical (unpaired) electrons. The zero-order valence-corrected chi connectivity index (χ0v) is 11.5. The van der Waals surface area contributed by atoms with E-state index in [2.05, 4.69) is 4.98 Å². The van der Waals surface area contributed by atoms with Crippen LogP contribution in [0.25, 0.3) is 10.6 Å². The van der Waals surface area contributed by atoms with E-state index in [-0.39, 0.29) is 11.9 Å². The van der Waals surface area contributed by atoms with E-state index >= 15 is 0 Å². The number of hydrogen-bond donors (Lipinski definition) is 0. The molecule has 0 N–H and O–H groups in total. The zero-order chi connectivity index (χ0) is 13.1. The second-order valence-electron chi connectivity index (χ2n) is 4.28. The molecule has 0 saturated carbocycles. The van der Waals surface area contributed by atoms with Gasteiger partial charge in [-0.25, -0.2) is 4.98 Å². The first kappa shape index (κ1) is 12.8. The fourth-order valence-electron chi connectivity index (χ4n) is 1.52. The maximum atomic E-state index is 11.2. The third-order valence-electron chi connectivity index (χ3n) is 2.33. The van der Waals surface area contributed by atoms with Crippen LogP contribution in [0.5, 0.6) is 5.75 Å². The Labute approximate surface area is 110 Å². The van der Waals surface area contributed by atoms with E-state index in [4.69, 9.17) is 4.74 Å². The number of carbonyl (C=O) groups excluding carboxylic acids is 1. The molecule has 0 aliphatic rings. The number of hydrogen-bond acceptors (Lipinski definition) is 4. The van der Waals surface area contributed by atoms with E-state index in [0.29, 0.717) is 4.88 Å². The molecule has 94 valence electrons. The minimum atomic E-state index is 0.0542. The largest absolute Gasteiger partial charge is 0.491 e. The summed E-state index contributed by atoms with van der Waals surface area (Å²) in [6.45, 7) is 5.54. The van der Waals surface area contributed by atoms with Gasteiger partial charge >= 0.3 is 0 Å². The van der Waals surface area contributed by atoms with E-state index < -0.39 is 0 Å². The fourth-order valence-corrected chi connectivity index (χ4v) is 2.34. The number of ketones is 1. The standard InChI is InChI=1S/C14H15NO2S/c1-9(2)17-12-6-4-11(5-7-12)14-15-8-13(18-14)10(3)16/h4-9H,1-3H3. The lowest BCUT2D eigenvalue weighted by Crippen LogP contribution is -2.05. The molecule has 1 aromatic heterocycles. The van der Waals surface area contributed by atoms with Crippen LogP contribution in [0.2, 0.25) is 0 Å². The van der Waals surface area contributed by atoms with Crippen molar-refractivity contribution in [3.63, 3.8) is 0 Å². The molecule has 0 aliphatic carbocycles. The van der Waals surface area contributed by atoms with Crippen molar-refractivity contribution in [2.75, 3.05) is 0 Å². The highest BCUT2D eigenvalue weighted by molar-refractivity contribution is 7.16. The summed E-state index contributed by atoms with van der Waals surface area (Å²) in [5.41, 5.74) is 1.00. The minimum Gasteiger partial charge on any atom is -0.491 e. The van der Waals surface area contributed by atoms with Gasteiger partial charge in [0, 0.05) is 18.7 Å². The fraction of sp³-hybridized carbons (Fsp3) is 0.286. The number of ether oxygens (including phenoxy) is 1. The van der Waals surface area contributed by atoms with Gasteiger partial charge < -0.3 is 4.74 Å². The monoisotopic (exact) mass is 261 g/mol. The van der Waals surface area contributed by atoms with Gasteiger partial charge in [0.1, 0.15) is 10.8 Å². The van der Waals surface area contributed by atoms with Crippen molar-refractivity contribution in [3.05, 3.63) is 35.3 Å². The third kappa shape index (κ3) is 2.96. The Bertz CT molecular complexity index is 543. The molecule has 0 atom stereocenters. The Morgan fingerprint density at radius 1 is 1.28 bits per heavy atom. The molecule has 18 heavy (non-hydrogen) atoms. The van der Waals surface area contributed by atoms with Gasteiger partial charge in [0.25, 0.3) is 0 Å². The molecular formula is C14H15NO2S. The molecule has 1 heterocycles. The number of aromatic nitrogens is 1. The predicted molar refractivity (Wildman–Crippen MR) is 73.3 cm³/mol. The van der Waals surface area contributed by atoms with E-state index in [1.165, 1.54) is 11.3 Å². The number of thiazole rings is 1. The van der Waals surface area contributed by atoms with E-state index in [9.17, 15) is 4.79 Å². The van der Waals surface area contributed by atoms with Crippen LogP contribution >= 0.6 is 11.3 Å². The number of Topliss-reactive ketones (excluding diaryl/α,β-unsaturated/α-hetero) is 1. The van der Waals surface area contributed by atoms with Crippen molar-refractivity contribution >= 4 is 17.1 Å². The van der Waals surface area contributed by atoms with Crippen molar-refractivity contribution in [1.29, 1.82) is 0 Å². The second-order valence-corrected chi connectivity index (χ2v) is 5.31. The second kappa shape index (κ2) is 5.31. The van der Waals surface area contributed by atoms with Crippen molar-refractivity contribution < 1.29 is 9.53 Å². The summed E-state index contributed by atoms with van der Waals surface area (Å²) in [5, 5.41) is 0.858. The molecule has 3 nitrogen and oxygen atoms in total. The topological polar surface area (TPSA) is 39.2 Å². The average Bonchev–Trinajstić information content (AvgIpc) is 2.78. The summed E-state index contributed by atoms with van der Waals surface area (Å²) >= 11 is 1.41. The summed E-state index contributed by atoms with van der Waals surface area (Å²) < 4.78 is 5.58. The number of rotatable bonds is 4. The number of nitrogens with zero attached hydrogens (tertiary/aromatic N) is 1. The maximum absolute atomic E-state index is 11.2. The smallest absolute Gasteiger partial charge is 0.171 e. The van der Waals surface area contributed by atoms with Crippen molar-refractivity contribution in [2.24, 2.45) is 0 Å². The third-order valence-corrected chi connectivity index (χ3v) is 3.47. The van der Waals surface area contributed by atoms with E-state index in [1.54, 1.807) is 13.1 Å². The number of benzene rings is 1. The SMILES string of the molecule is CC(=O)c1cnc(-c2ccc(OC(C)C)cc2)s1. The lowest BCUT2D eigenvalue weighted by molar-refractivity contribution is 0.102. The summed E-state index contributed by atoms with van der Waals surface area (Å²) in [7, 11) is 0. The molecule has 0 amide bonds. The van der Waals surface area contributed by atoms with Gasteiger partial charge in [-0.2, -0.15) is 0 Å². The molecule has 0 bridgehead atoms. The summed E-state index contributed by atoms with van der Waals surface area (Å²) in [4.78, 5) is 16.2. The Morgan fingerprint density at radius 3 is 2.44 bits per heavy atom. The Kier molecular flexibility index (Phi) is 3.77. The van der Waals surface area contributed by atoms with Crippen LogP contribution in [-0.2, 0) is 0 Å². The molecular weight excluding hydrogens is 246 g/mol. The average molecular weight is 261 g/mol. The molecule has 0 aliphatic heterocycles. The van der Waals surface area contributed by atoms with Gasteiger partial charge in [0.15, 0.2) is 5.78 Å². The Balaban J connectivity index is 2.20. The van der Waals surface area contributed by atoms with Crippen molar-refractivity contribution in [1.82, 2.24) is 4.98 Å². The summed E-state index contributed by atoms with van der Waals surface area (Å²) in [6, 6.07) is 7.76. The molecule has 2 aromatic rings. The van der Waals surface area contributed by atoms with Crippen LogP contribution in [0.15, 0.2) is 30.5 Å². The summed E-state index contributed by atoms with van der Waals surface area (Å²) in [5.74, 6) is 0.899. The van der Waals surface area contributed by atoms with Crippen molar-refractivity contribution in [3.8, 4) is 16.3 Å². The Morgan fingerprint density at radius 2 is 1.94 bits per heavy atom. The molecule has 0 spiro atoms.